The minimum absolute atomic E-state index is 0.187. The maximum Gasteiger partial charge on any atom is 0.306 e. The minimum Gasteiger partial charge on any atom is -0.469 e. The van der Waals surface area contributed by atoms with Gasteiger partial charge in [0.25, 0.3) is 0 Å². The Morgan fingerprint density at radius 3 is 3.00 bits per heavy atom. The minimum atomic E-state index is -0.187. The molecule has 1 rings (SSSR count). The number of nitrogens with zero attached hydrogens (tertiary/aromatic N) is 2. The van der Waals surface area contributed by atoms with Crippen molar-refractivity contribution in [2.24, 2.45) is 0 Å². The summed E-state index contributed by atoms with van der Waals surface area (Å²) in [5.74, 6) is -0.187. The van der Waals surface area contributed by atoms with Crippen molar-refractivity contribution in [1.82, 2.24) is 4.90 Å². The van der Waals surface area contributed by atoms with Crippen LogP contribution in [-0.2, 0) is 14.3 Å². The van der Waals surface area contributed by atoms with E-state index >= 15 is 0 Å². The summed E-state index contributed by atoms with van der Waals surface area (Å²) in [6.07, 6.45) is 4.28. The van der Waals surface area contributed by atoms with Gasteiger partial charge in [-0.15, -0.1) is 0 Å². The van der Waals surface area contributed by atoms with Gasteiger partial charge in [-0.2, -0.15) is 5.26 Å². The molecule has 0 spiro atoms. The van der Waals surface area contributed by atoms with Crippen molar-refractivity contribution in [3.05, 3.63) is 0 Å². The van der Waals surface area contributed by atoms with Crippen molar-refractivity contribution in [3.63, 3.8) is 0 Å². The molecular formula is C13H22N2O3. The highest BCUT2D eigenvalue weighted by Crippen LogP contribution is 2.14. The molecule has 1 aliphatic heterocycles. The monoisotopic (exact) mass is 254 g/mol. The topological polar surface area (TPSA) is 62.6 Å². The van der Waals surface area contributed by atoms with Crippen molar-refractivity contribution in [1.29, 1.82) is 5.26 Å². The summed E-state index contributed by atoms with van der Waals surface area (Å²) in [4.78, 5) is 13.3. The lowest BCUT2D eigenvalue weighted by Crippen LogP contribution is -2.34. The second kappa shape index (κ2) is 8.90. The van der Waals surface area contributed by atoms with Crippen molar-refractivity contribution in [2.45, 2.75) is 38.2 Å². The van der Waals surface area contributed by atoms with Crippen LogP contribution in [0.2, 0.25) is 0 Å². The van der Waals surface area contributed by atoms with Gasteiger partial charge in [0.1, 0.15) is 0 Å². The first-order valence-corrected chi connectivity index (χ1v) is 6.54. The van der Waals surface area contributed by atoms with E-state index in [1.807, 2.05) is 0 Å². The Kier molecular flexibility index (Phi) is 7.38. The second-order valence-corrected chi connectivity index (χ2v) is 4.52. The van der Waals surface area contributed by atoms with Crippen LogP contribution >= 0.6 is 0 Å². The van der Waals surface area contributed by atoms with Gasteiger partial charge in [0.2, 0.25) is 0 Å². The van der Waals surface area contributed by atoms with E-state index in [9.17, 15) is 4.79 Å². The molecule has 0 aliphatic carbocycles. The normalized spacial score (nSPS) is 18.8. The maximum atomic E-state index is 11.2. The van der Waals surface area contributed by atoms with E-state index in [2.05, 4.69) is 15.7 Å². The van der Waals surface area contributed by atoms with Gasteiger partial charge in [0.15, 0.2) is 0 Å². The number of esters is 1. The van der Waals surface area contributed by atoms with E-state index in [4.69, 9.17) is 10.00 Å². The molecule has 0 bridgehead atoms. The highest BCUT2D eigenvalue weighted by Gasteiger charge is 2.19. The first-order valence-electron chi connectivity index (χ1n) is 6.54. The van der Waals surface area contributed by atoms with Crippen LogP contribution in [0.5, 0.6) is 0 Å². The first-order chi connectivity index (χ1) is 8.76. The fourth-order valence-electron chi connectivity index (χ4n) is 2.10. The molecule has 1 fully saturated rings. The average molecular weight is 254 g/mol. The van der Waals surface area contributed by atoms with Crippen LogP contribution in [-0.4, -0.2) is 50.3 Å². The predicted molar refractivity (Wildman–Crippen MR) is 66.9 cm³/mol. The number of carbonyl (C=O) groups is 1. The molecule has 18 heavy (non-hydrogen) atoms. The fourth-order valence-corrected chi connectivity index (χ4v) is 2.10. The number of hydrogen-bond acceptors (Lipinski definition) is 5. The largest absolute Gasteiger partial charge is 0.469 e. The van der Waals surface area contributed by atoms with Crippen molar-refractivity contribution < 1.29 is 14.3 Å². The summed E-state index contributed by atoms with van der Waals surface area (Å²) in [5, 5.41) is 8.55. The van der Waals surface area contributed by atoms with E-state index in [1.165, 1.54) is 7.11 Å². The lowest BCUT2D eigenvalue weighted by Gasteiger charge is -2.24. The third-order valence-electron chi connectivity index (χ3n) is 3.11. The Bertz CT molecular complexity index is 282. The Labute approximate surface area is 109 Å². The van der Waals surface area contributed by atoms with Gasteiger partial charge < -0.3 is 14.4 Å². The molecule has 0 aromatic heterocycles. The van der Waals surface area contributed by atoms with Gasteiger partial charge >= 0.3 is 5.97 Å². The molecule has 0 radical (unpaired) electrons. The summed E-state index contributed by atoms with van der Waals surface area (Å²) in [5.41, 5.74) is 0. The Hall–Kier alpha value is -1.12. The third-order valence-corrected chi connectivity index (χ3v) is 3.11. The zero-order valence-electron chi connectivity index (χ0n) is 11.1. The average Bonchev–Trinajstić information content (AvgIpc) is 2.88. The van der Waals surface area contributed by atoms with Gasteiger partial charge in [0, 0.05) is 26.1 Å². The summed E-state index contributed by atoms with van der Waals surface area (Å²) in [6, 6.07) is 2.14. The van der Waals surface area contributed by atoms with E-state index in [1.54, 1.807) is 0 Å². The van der Waals surface area contributed by atoms with Crippen LogP contribution in [0.4, 0.5) is 0 Å². The van der Waals surface area contributed by atoms with Crippen molar-refractivity contribution >= 4 is 5.97 Å². The molecule has 1 saturated heterocycles. The molecule has 1 aliphatic rings. The number of unbranched alkanes of at least 4 members (excludes halogenated alkanes) is 1. The first kappa shape index (κ1) is 14.9. The van der Waals surface area contributed by atoms with E-state index in [0.717, 1.165) is 39.0 Å². The molecule has 0 N–H and O–H groups in total. The van der Waals surface area contributed by atoms with E-state index in [-0.39, 0.29) is 12.1 Å². The quantitative estimate of drug-likeness (QED) is 0.483. The molecule has 102 valence electrons. The van der Waals surface area contributed by atoms with Crippen LogP contribution in [0.25, 0.3) is 0 Å². The number of ether oxygens (including phenoxy) is 2. The number of rotatable bonds is 8. The second-order valence-electron chi connectivity index (χ2n) is 4.52. The molecule has 1 unspecified atom stereocenters. The lowest BCUT2D eigenvalue weighted by molar-refractivity contribution is -0.141. The Morgan fingerprint density at radius 2 is 2.39 bits per heavy atom. The van der Waals surface area contributed by atoms with Gasteiger partial charge in [-0.25, -0.2) is 0 Å². The van der Waals surface area contributed by atoms with Crippen LogP contribution in [0.1, 0.15) is 32.1 Å². The molecular weight excluding hydrogens is 232 g/mol. The van der Waals surface area contributed by atoms with Crippen LogP contribution in [0.15, 0.2) is 0 Å². The van der Waals surface area contributed by atoms with Crippen LogP contribution in [0, 0.1) is 11.3 Å². The molecule has 0 saturated carbocycles. The lowest BCUT2D eigenvalue weighted by atomic mass is 10.2. The fraction of sp³-hybridized carbons (Fsp3) is 0.846. The number of methoxy groups -OCH3 is 1. The Balaban J connectivity index is 2.30. The van der Waals surface area contributed by atoms with Gasteiger partial charge in [-0.1, -0.05) is 0 Å². The standard InChI is InChI=1S/C13H22N2O3/c1-17-13(16)6-9-15(8-3-2-7-14)11-12-5-4-10-18-12/h12H,2-6,8-11H2,1H3. The summed E-state index contributed by atoms with van der Waals surface area (Å²) in [7, 11) is 1.41. The predicted octanol–water partition coefficient (Wildman–Crippen LogP) is 1.33. The van der Waals surface area contributed by atoms with Crippen molar-refractivity contribution in [2.75, 3.05) is 33.4 Å². The molecule has 5 nitrogen and oxygen atoms in total. The van der Waals surface area contributed by atoms with Crippen LogP contribution < -0.4 is 0 Å². The smallest absolute Gasteiger partial charge is 0.306 e. The van der Waals surface area contributed by atoms with Crippen LogP contribution in [0.3, 0.4) is 0 Å². The molecule has 0 aromatic carbocycles. The zero-order chi connectivity index (χ0) is 13.2. The molecule has 0 amide bonds. The zero-order valence-corrected chi connectivity index (χ0v) is 11.1. The van der Waals surface area contributed by atoms with E-state index < -0.39 is 0 Å². The van der Waals surface area contributed by atoms with Crippen molar-refractivity contribution in [3.8, 4) is 6.07 Å². The molecule has 5 heteroatoms. The molecule has 0 aromatic rings. The summed E-state index contributed by atoms with van der Waals surface area (Å²) in [6.45, 7) is 3.21. The van der Waals surface area contributed by atoms with E-state index in [0.29, 0.717) is 19.4 Å². The summed E-state index contributed by atoms with van der Waals surface area (Å²) < 4.78 is 10.2. The number of carbonyl (C=O) groups excluding carboxylic acids is 1. The molecule has 1 atom stereocenters. The number of hydrogen-bond donors (Lipinski definition) is 0. The van der Waals surface area contributed by atoms with Gasteiger partial charge in [-0.3, -0.25) is 4.79 Å². The molecule has 1 heterocycles. The highest BCUT2D eigenvalue weighted by atomic mass is 16.5. The number of nitriles is 1. The van der Waals surface area contributed by atoms with Gasteiger partial charge in [0.05, 0.1) is 25.7 Å². The maximum absolute atomic E-state index is 11.2. The SMILES string of the molecule is COC(=O)CCN(CCCC#N)CC1CCCO1. The Morgan fingerprint density at radius 1 is 1.56 bits per heavy atom. The van der Waals surface area contributed by atoms with Gasteiger partial charge in [-0.05, 0) is 25.8 Å². The highest BCUT2D eigenvalue weighted by molar-refractivity contribution is 5.69. The third kappa shape index (κ3) is 5.99. The summed E-state index contributed by atoms with van der Waals surface area (Å²) >= 11 is 0.